The highest BCUT2D eigenvalue weighted by atomic mass is 127. The minimum atomic E-state index is -1.25. The highest BCUT2D eigenvalue weighted by molar-refractivity contribution is 14.1. The number of rotatable bonds is 8. The second kappa shape index (κ2) is 9.39. The van der Waals surface area contributed by atoms with Crippen LogP contribution in [0.25, 0.3) is 16.9 Å². The third-order valence-electron chi connectivity index (χ3n) is 4.41. The number of aromatic nitrogens is 4. The van der Waals surface area contributed by atoms with E-state index in [0.29, 0.717) is 23.1 Å². The number of halogens is 1. The Morgan fingerprint density at radius 2 is 2.03 bits per heavy atom. The maximum Gasteiger partial charge on any atom is 0.341 e. The summed E-state index contributed by atoms with van der Waals surface area (Å²) in [5.74, 6) is -0.184. The summed E-state index contributed by atoms with van der Waals surface area (Å²) >= 11 is 2.17. The lowest BCUT2D eigenvalue weighted by molar-refractivity contribution is 0.0526. The van der Waals surface area contributed by atoms with Crippen LogP contribution in [0.5, 0.6) is 0 Å². The molecule has 0 bridgehead atoms. The number of esters is 1. The van der Waals surface area contributed by atoms with Gasteiger partial charge in [0.1, 0.15) is 6.73 Å². The molecule has 0 N–H and O–H groups in total. The zero-order chi connectivity index (χ0) is 21.9. The van der Waals surface area contributed by atoms with E-state index in [0.717, 1.165) is 9.61 Å². The largest absolute Gasteiger partial charge is 0.462 e. The maximum absolute atomic E-state index is 13.2. The second-order valence-corrected chi connectivity index (χ2v) is 14.9. The lowest BCUT2D eigenvalue weighted by Gasteiger charge is -2.17. The molecule has 0 saturated carbocycles. The zero-order valence-electron chi connectivity index (χ0n) is 17.5. The van der Waals surface area contributed by atoms with E-state index in [-0.39, 0.29) is 24.8 Å². The molecule has 0 aliphatic heterocycles. The summed E-state index contributed by atoms with van der Waals surface area (Å²) in [5.41, 5.74) is 0.636. The van der Waals surface area contributed by atoms with Gasteiger partial charge in [-0.2, -0.15) is 5.10 Å². The number of carbonyl (C=O) groups is 1. The predicted molar refractivity (Wildman–Crippen MR) is 126 cm³/mol. The molecule has 160 valence electrons. The monoisotopic (exact) mass is 540 g/mol. The predicted octanol–water partition coefficient (Wildman–Crippen LogP) is 3.68. The molecule has 10 heteroatoms. The molecule has 0 aliphatic carbocycles. The summed E-state index contributed by atoms with van der Waals surface area (Å²) in [6, 6.07) is 6.49. The first kappa shape index (κ1) is 22.6. The average Bonchev–Trinajstić information content (AvgIpc) is 3.16. The van der Waals surface area contributed by atoms with E-state index in [4.69, 9.17) is 9.47 Å². The first-order chi connectivity index (χ1) is 14.2. The van der Waals surface area contributed by atoms with Gasteiger partial charge in [0, 0.05) is 24.4 Å². The molecule has 0 radical (unpaired) electrons. The summed E-state index contributed by atoms with van der Waals surface area (Å²) in [4.78, 5) is 29.9. The molecule has 0 atom stereocenters. The Morgan fingerprint density at radius 1 is 1.27 bits per heavy atom. The van der Waals surface area contributed by atoms with Gasteiger partial charge in [0.25, 0.3) is 5.56 Å². The number of hydrogen-bond donors (Lipinski definition) is 0. The van der Waals surface area contributed by atoms with Crippen molar-refractivity contribution >= 4 is 47.5 Å². The smallest absolute Gasteiger partial charge is 0.341 e. The molecule has 3 rings (SSSR count). The van der Waals surface area contributed by atoms with Gasteiger partial charge in [0.2, 0.25) is 5.95 Å². The molecule has 0 amide bonds. The maximum atomic E-state index is 13.2. The van der Waals surface area contributed by atoms with Crippen molar-refractivity contribution in [2.24, 2.45) is 0 Å². The third-order valence-corrected chi connectivity index (χ3v) is 6.79. The summed E-state index contributed by atoms with van der Waals surface area (Å²) < 4.78 is 14.7. The van der Waals surface area contributed by atoms with E-state index in [9.17, 15) is 9.59 Å². The van der Waals surface area contributed by atoms with Crippen molar-refractivity contribution in [1.82, 2.24) is 19.3 Å². The van der Waals surface area contributed by atoms with Crippen molar-refractivity contribution in [3.05, 3.63) is 50.1 Å². The Labute approximate surface area is 189 Å². The van der Waals surface area contributed by atoms with Gasteiger partial charge >= 0.3 is 5.97 Å². The molecular formula is C20H25IN4O4Si. The Hall–Kier alpha value is -2.05. The molecule has 0 aliphatic rings. The van der Waals surface area contributed by atoms with Crippen LogP contribution in [0.3, 0.4) is 0 Å². The molecule has 8 nitrogen and oxygen atoms in total. The van der Waals surface area contributed by atoms with Gasteiger partial charge in [-0.25, -0.2) is 14.5 Å². The van der Waals surface area contributed by atoms with Crippen molar-refractivity contribution in [3.8, 4) is 5.95 Å². The summed E-state index contributed by atoms with van der Waals surface area (Å²) in [6.07, 6.45) is 2.91. The van der Waals surface area contributed by atoms with Gasteiger partial charge in [0.15, 0.2) is 0 Å². The minimum absolute atomic E-state index is 0.0572. The number of ether oxygens (including phenoxy) is 2. The quantitative estimate of drug-likeness (QED) is 0.188. The van der Waals surface area contributed by atoms with E-state index >= 15 is 0 Å². The van der Waals surface area contributed by atoms with Gasteiger partial charge in [-0.15, -0.1) is 0 Å². The van der Waals surface area contributed by atoms with Crippen LogP contribution >= 0.6 is 22.6 Å². The molecule has 30 heavy (non-hydrogen) atoms. The average molecular weight is 540 g/mol. The molecular weight excluding hydrogens is 515 g/mol. The fraction of sp³-hybridized carbons (Fsp3) is 0.400. The van der Waals surface area contributed by atoms with Crippen LogP contribution in [-0.4, -0.2) is 46.6 Å². The molecule has 2 heterocycles. The summed E-state index contributed by atoms with van der Waals surface area (Å²) in [5, 5.41) is 4.74. The molecule has 3 aromatic rings. The van der Waals surface area contributed by atoms with E-state index < -0.39 is 14.0 Å². The van der Waals surface area contributed by atoms with Crippen molar-refractivity contribution in [2.75, 3.05) is 13.2 Å². The first-order valence-corrected chi connectivity index (χ1v) is 14.5. The fourth-order valence-electron chi connectivity index (χ4n) is 2.76. The Kier molecular flexibility index (Phi) is 7.09. The van der Waals surface area contributed by atoms with Crippen LogP contribution in [0.1, 0.15) is 17.3 Å². The SMILES string of the molecule is CCOC(=O)c1cnn(-c2nc3ccc(I)cc3c(=O)n2COCC[Si](C)(C)C)c1. The lowest BCUT2D eigenvalue weighted by atomic mass is 10.2. The minimum Gasteiger partial charge on any atom is -0.462 e. The van der Waals surface area contributed by atoms with E-state index in [1.807, 2.05) is 6.07 Å². The van der Waals surface area contributed by atoms with Crippen LogP contribution < -0.4 is 5.56 Å². The van der Waals surface area contributed by atoms with E-state index in [1.165, 1.54) is 21.6 Å². The highest BCUT2D eigenvalue weighted by Crippen LogP contribution is 2.16. The standard InChI is InChI=1S/C20H25IN4O4Si/c1-5-29-19(27)14-11-22-25(12-14)20-23-17-7-6-15(21)10-16(17)18(26)24(20)13-28-8-9-30(2,3)4/h6-7,10-12H,5,8-9,13H2,1-4H3. The fourth-order valence-corrected chi connectivity index (χ4v) is 4.01. The van der Waals surface area contributed by atoms with Crippen molar-refractivity contribution in [1.29, 1.82) is 0 Å². The van der Waals surface area contributed by atoms with E-state index in [2.05, 4.69) is 52.3 Å². The normalized spacial score (nSPS) is 11.8. The van der Waals surface area contributed by atoms with Crippen LogP contribution in [0, 0.1) is 3.57 Å². The number of nitrogens with zero attached hydrogens (tertiary/aromatic N) is 4. The van der Waals surface area contributed by atoms with Crippen LogP contribution in [0.2, 0.25) is 25.7 Å². The Bertz CT molecular complexity index is 1120. The number of fused-ring (bicyclic) bond motifs is 1. The summed E-state index contributed by atoms with van der Waals surface area (Å²) in [6.45, 7) is 9.45. The van der Waals surface area contributed by atoms with Crippen LogP contribution in [0.15, 0.2) is 35.4 Å². The Balaban J connectivity index is 2.02. The first-order valence-electron chi connectivity index (χ1n) is 9.69. The lowest BCUT2D eigenvalue weighted by Crippen LogP contribution is -2.28. The molecule has 0 saturated heterocycles. The number of benzene rings is 1. The summed E-state index contributed by atoms with van der Waals surface area (Å²) in [7, 11) is -1.25. The van der Waals surface area contributed by atoms with E-state index in [1.54, 1.807) is 19.1 Å². The van der Waals surface area contributed by atoms with Crippen molar-refractivity contribution in [2.45, 2.75) is 39.3 Å². The zero-order valence-corrected chi connectivity index (χ0v) is 20.7. The third kappa shape index (κ3) is 5.35. The van der Waals surface area contributed by atoms with Crippen molar-refractivity contribution < 1.29 is 14.3 Å². The van der Waals surface area contributed by atoms with Gasteiger partial charge in [-0.1, -0.05) is 19.6 Å². The molecule has 1 aromatic carbocycles. The molecule has 0 fully saturated rings. The molecule has 0 spiro atoms. The van der Waals surface area contributed by atoms with Crippen LogP contribution in [-0.2, 0) is 16.2 Å². The topological polar surface area (TPSA) is 88.2 Å². The number of hydrogen-bond acceptors (Lipinski definition) is 6. The Morgan fingerprint density at radius 3 is 2.73 bits per heavy atom. The highest BCUT2D eigenvalue weighted by Gasteiger charge is 2.18. The van der Waals surface area contributed by atoms with Gasteiger partial charge in [-0.05, 0) is 53.8 Å². The second-order valence-electron chi connectivity index (χ2n) is 8.05. The molecule has 2 aromatic heterocycles. The van der Waals surface area contributed by atoms with Gasteiger partial charge in [-0.3, -0.25) is 9.36 Å². The molecule has 0 unspecified atom stereocenters. The number of carbonyl (C=O) groups excluding carboxylic acids is 1. The van der Waals surface area contributed by atoms with Gasteiger partial charge < -0.3 is 9.47 Å². The van der Waals surface area contributed by atoms with Crippen LogP contribution in [0.4, 0.5) is 0 Å². The van der Waals surface area contributed by atoms with Crippen molar-refractivity contribution in [3.63, 3.8) is 0 Å². The van der Waals surface area contributed by atoms with Gasteiger partial charge in [0.05, 0.1) is 29.3 Å².